The van der Waals surface area contributed by atoms with Crippen LogP contribution in [0, 0.1) is 0 Å². The summed E-state index contributed by atoms with van der Waals surface area (Å²) in [5.41, 5.74) is 6.31. The Morgan fingerprint density at radius 1 is 1.14 bits per heavy atom. The molecule has 0 heterocycles. The summed E-state index contributed by atoms with van der Waals surface area (Å²) in [4.78, 5) is 38.0. The van der Waals surface area contributed by atoms with Gasteiger partial charge >= 0.3 is 11.8 Å². The molecule has 0 saturated carbocycles. The quantitative estimate of drug-likeness (QED) is 0.600. The van der Waals surface area contributed by atoms with Gasteiger partial charge in [0.05, 0.1) is 12.3 Å². The molecule has 3 N–H and O–H groups in total. The molecule has 1 aromatic carbocycles. The lowest BCUT2D eigenvalue weighted by Crippen LogP contribution is -2.48. The molecule has 0 aliphatic heterocycles. The number of carbonyl (C=O) groups excluding carboxylic acids is 3. The summed E-state index contributed by atoms with van der Waals surface area (Å²) in [6, 6.07) is 6.05. The van der Waals surface area contributed by atoms with Crippen LogP contribution in [0.4, 0.5) is 11.4 Å². The van der Waals surface area contributed by atoms with E-state index in [0.717, 1.165) is 4.90 Å². The second-order valence-electron chi connectivity index (χ2n) is 4.36. The van der Waals surface area contributed by atoms with Crippen LogP contribution in [0.5, 0.6) is 0 Å². The first-order valence-electron chi connectivity index (χ1n) is 6.52. The lowest BCUT2D eigenvalue weighted by Gasteiger charge is -2.24. The number of anilines is 2. The van der Waals surface area contributed by atoms with E-state index in [2.05, 4.69) is 0 Å². The monoisotopic (exact) mass is 293 g/mol. The van der Waals surface area contributed by atoms with Crippen molar-refractivity contribution in [3.05, 3.63) is 24.3 Å². The van der Waals surface area contributed by atoms with Gasteiger partial charge in [0.25, 0.3) is 0 Å². The average Bonchev–Trinajstić information content (AvgIpc) is 2.45. The second kappa shape index (κ2) is 7.39. The zero-order chi connectivity index (χ0) is 16.0. The zero-order valence-electron chi connectivity index (χ0n) is 12.1. The fourth-order valence-electron chi connectivity index (χ4n) is 1.82. The van der Waals surface area contributed by atoms with Crippen LogP contribution in [0.25, 0.3) is 0 Å². The Bertz CT molecular complexity index is 528. The molecular formula is C14H19N3O4. The largest absolute Gasteiger partial charge is 0.399 e. The van der Waals surface area contributed by atoms with Crippen molar-refractivity contribution in [3.8, 4) is 0 Å². The average molecular weight is 293 g/mol. The van der Waals surface area contributed by atoms with Gasteiger partial charge in [0, 0.05) is 25.7 Å². The molecule has 0 atom stereocenters. The highest BCUT2D eigenvalue weighted by Crippen LogP contribution is 2.17. The predicted molar refractivity (Wildman–Crippen MR) is 78.4 cm³/mol. The number of hydrogen-bond donors (Lipinski definition) is 2. The normalized spacial score (nSPS) is 10.0. The first kappa shape index (κ1) is 16.6. The minimum atomic E-state index is -0.956. The fraction of sp³-hybridized carbons (Fsp3) is 0.357. The van der Waals surface area contributed by atoms with E-state index in [1.807, 2.05) is 0 Å². The van der Waals surface area contributed by atoms with Crippen LogP contribution in [-0.4, -0.2) is 47.4 Å². The van der Waals surface area contributed by atoms with Crippen LogP contribution in [0.1, 0.15) is 13.8 Å². The maximum absolute atomic E-state index is 12.2. The van der Waals surface area contributed by atoms with Gasteiger partial charge < -0.3 is 15.7 Å². The molecule has 1 rings (SSSR count). The minimum absolute atomic E-state index is 0.0363. The van der Waals surface area contributed by atoms with Gasteiger partial charge in [-0.1, -0.05) is 0 Å². The molecule has 114 valence electrons. The molecule has 1 aromatic rings. The summed E-state index contributed by atoms with van der Waals surface area (Å²) in [7, 11) is 0. The summed E-state index contributed by atoms with van der Waals surface area (Å²) >= 11 is 0. The summed E-state index contributed by atoms with van der Waals surface area (Å²) in [5.74, 6) is -2.36. The topological polar surface area (TPSA) is 104 Å². The summed E-state index contributed by atoms with van der Waals surface area (Å²) in [6.07, 6.45) is 0. The Hall–Kier alpha value is -2.41. The molecule has 0 saturated heterocycles. The number of amides is 3. The minimum Gasteiger partial charge on any atom is -0.399 e. The van der Waals surface area contributed by atoms with Crippen molar-refractivity contribution in [1.29, 1.82) is 0 Å². The molecule has 0 bridgehead atoms. The number of benzene rings is 1. The number of rotatable bonds is 4. The van der Waals surface area contributed by atoms with E-state index in [1.54, 1.807) is 6.92 Å². The Balaban J connectivity index is 3.05. The Morgan fingerprint density at radius 3 is 2.14 bits per heavy atom. The molecule has 7 nitrogen and oxygen atoms in total. The molecule has 21 heavy (non-hydrogen) atoms. The highest BCUT2D eigenvalue weighted by atomic mass is 16.3. The predicted octanol–water partition coefficient (Wildman–Crippen LogP) is -0.0109. The summed E-state index contributed by atoms with van der Waals surface area (Å²) in [6.45, 7) is 2.92. The number of aliphatic hydroxyl groups excluding tert-OH is 1. The first-order chi connectivity index (χ1) is 9.92. The number of likely N-dealkylation sites (N-methyl/N-ethyl adjacent to an activating group) is 1. The third kappa shape index (κ3) is 4.03. The van der Waals surface area contributed by atoms with Gasteiger partial charge in [-0.05, 0) is 31.2 Å². The van der Waals surface area contributed by atoms with Crippen molar-refractivity contribution in [3.63, 3.8) is 0 Å². The van der Waals surface area contributed by atoms with Gasteiger partial charge in [-0.25, -0.2) is 4.90 Å². The molecule has 0 aliphatic carbocycles. The smallest absolute Gasteiger partial charge is 0.323 e. The number of nitrogens with two attached hydrogens (primary N) is 1. The van der Waals surface area contributed by atoms with Crippen LogP contribution < -0.4 is 10.6 Å². The maximum atomic E-state index is 12.2. The van der Waals surface area contributed by atoms with Crippen molar-refractivity contribution in [2.24, 2.45) is 0 Å². The van der Waals surface area contributed by atoms with E-state index in [9.17, 15) is 14.4 Å². The van der Waals surface area contributed by atoms with Crippen molar-refractivity contribution in [1.82, 2.24) is 4.90 Å². The molecule has 0 aliphatic rings. The van der Waals surface area contributed by atoms with E-state index in [-0.39, 0.29) is 25.4 Å². The number of carbonyl (C=O) groups is 3. The summed E-state index contributed by atoms with van der Waals surface area (Å²) in [5, 5.41) is 8.89. The third-order valence-corrected chi connectivity index (χ3v) is 2.89. The molecule has 0 aromatic heterocycles. The van der Waals surface area contributed by atoms with Crippen molar-refractivity contribution in [2.45, 2.75) is 13.8 Å². The highest BCUT2D eigenvalue weighted by molar-refractivity contribution is 6.45. The Labute approximate surface area is 122 Å². The Morgan fingerprint density at radius 2 is 1.71 bits per heavy atom. The van der Waals surface area contributed by atoms with Crippen LogP contribution in [0.15, 0.2) is 24.3 Å². The number of aliphatic hydroxyl groups is 1. The Kier molecular flexibility index (Phi) is 5.86. The molecular weight excluding hydrogens is 274 g/mol. The van der Waals surface area contributed by atoms with E-state index in [1.165, 1.54) is 36.1 Å². The molecule has 0 radical (unpaired) electrons. The van der Waals surface area contributed by atoms with Crippen LogP contribution in [0.3, 0.4) is 0 Å². The van der Waals surface area contributed by atoms with Crippen molar-refractivity contribution < 1.29 is 19.5 Å². The van der Waals surface area contributed by atoms with Gasteiger partial charge in [-0.3, -0.25) is 14.4 Å². The fourth-order valence-corrected chi connectivity index (χ4v) is 1.82. The van der Waals surface area contributed by atoms with Crippen molar-refractivity contribution >= 4 is 29.1 Å². The van der Waals surface area contributed by atoms with E-state index < -0.39 is 17.7 Å². The molecule has 0 spiro atoms. The van der Waals surface area contributed by atoms with Gasteiger partial charge in [0.15, 0.2) is 0 Å². The number of imide groups is 1. The molecule has 0 fully saturated rings. The zero-order valence-corrected chi connectivity index (χ0v) is 12.1. The van der Waals surface area contributed by atoms with E-state index in [0.29, 0.717) is 5.69 Å². The second-order valence-corrected chi connectivity index (χ2v) is 4.36. The van der Waals surface area contributed by atoms with Crippen LogP contribution in [0.2, 0.25) is 0 Å². The van der Waals surface area contributed by atoms with Gasteiger partial charge in [0.1, 0.15) is 0 Å². The van der Waals surface area contributed by atoms with Gasteiger partial charge in [0.2, 0.25) is 5.91 Å². The lowest BCUT2D eigenvalue weighted by atomic mass is 10.2. The van der Waals surface area contributed by atoms with Crippen LogP contribution in [-0.2, 0) is 14.4 Å². The van der Waals surface area contributed by atoms with Gasteiger partial charge in [-0.15, -0.1) is 0 Å². The third-order valence-electron chi connectivity index (χ3n) is 2.89. The van der Waals surface area contributed by atoms with E-state index >= 15 is 0 Å². The molecule has 7 heteroatoms. The standard InChI is InChI=1S/C14H19N3O4/c1-3-16(8-9-18)13(20)14(21)17(10(2)19)12-6-4-11(15)5-7-12/h4-7,18H,3,8-9,15H2,1-2H3. The number of hydrogen-bond acceptors (Lipinski definition) is 5. The number of nitrogen functional groups attached to an aromatic ring is 1. The summed E-state index contributed by atoms with van der Waals surface area (Å²) < 4.78 is 0. The first-order valence-corrected chi connectivity index (χ1v) is 6.52. The van der Waals surface area contributed by atoms with Gasteiger partial charge in [-0.2, -0.15) is 0 Å². The highest BCUT2D eigenvalue weighted by Gasteiger charge is 2.29. The van der Waals surface area contributed by atoms with Crippen molar-refractivity contribution in [2.75, 3.05) is 30.3 Å². The lowest BCUT2D eigenvalue weighted by molar-refractivity contribution is -0.145. The molecule has 3 amide bonds. The maximum Gasteiger partial charge on any atom is 0.323 e. The molecule has 0 unspecified atom stereocenters. The SMILES string of the molecule is CCN(CCO)C(=O)C(=O)N(C(C)=O)c1ccc(N)cc1. The number of nitrogens with zero attached hydrogens (tertiary/aromatic N) is 2. The van der Waals surface area contributed by atoms with Crippen LogP contribution >= 0.6 is 0 Å². The van der Waals surface area contributed by atoms with E-state index in [4.69, 9.17) is 10.8 Å².